The van der Waals surface area contributed by atoms with Crippen molar-refractivity contribution < 1.29 is 18.3 Å². The highest BCUT2D eigenvalue weighted by Crippen LogP contribution is 2.19. The summed E-state index contributed by atoms with van der Waals surface area (Å²) in [6, 6.07) is 12.7. The molecule has 1 aromatic heterocycles. The van der Waals surface area contributed by atoms with Crippen molar-refractivity contribution in [1.29, 1.82) is 0 Å². The van der Waals surface area contributed by atoms with Gasteiger partial charge >= 0.3 is 0 Å². The monoisotopic (exact) mass is 448 g/mol. The summed E-state index contributed by atoms with van der Waals surface area (Å²) in [7, 11) is 0. The molecule has 6 nitrogen and oxygen atoms in total. The van der Waals surface area contributed by atoms with Gasteiger partial charge in [-0.3, -0.25) is 9.48 Å². The summed E-state index contributed by atoms with van der Waals surface area (Å²) >= 11 is 0. The lowest BCUT2D eigenvalue weighted by Crippen LogP contribution is -2.28. The van der Waals surface area contributed by atoms with Gasteiger partial charge in [0, 0.05) is 43.4 Å². The molecule has 0 radical (unpaired) electrons. The lowest BCUT2D eigenvalue weighted by Gasteiger charge is -2.16. The molecular formula is C22H23ClF2N4O2. The number of benzene rings is 2. The molecule has 4 rings (SSSR count). The van der Waals surface area contributed by atoms with Crippen molar-refractivity contribution in [3.8, 4) is 5.75 Å². The van der Waals surface area contributed by atoms with Gasteiger partial charge in [0.15, 0.2) is 5.69 Å². The van der Waals surface area contributed by atoms with Crippen molar-refractivity contribution >= 4 is 18.3 Å². The van der Waals surface area contributed by atoms with E-state index in [1.54, 1.807) is 0 Å². The lowest BCUT2D eigenvalue weighted by atomic mass is 10.1. The maximum Gasteiger partial charge on any atom is 0.272 e. The zero-order valence-corrected chi connectivity index (χ0v) is 17.6. The Morgan fingerprint density at radius 2 is 1.90 bits per heavy atom. The number of ether oxygens (including phenoxy) is 1. The van der Waals surface area contributed by atoms with E-state index in [-0.39, 0.29) is 24.9 Å². The molecule has 0 bridgehead atoms. The SMILES string of the molecule is Cl.O=C(NCc1cc(F)cc(F)c1)c1nn(CCOc2ccccc2)c2c1CNCC2. The molecule has 0 saturated carbocycles. The minimum atomic E-state index is -0.677. The second kappa shape index (κ2) is 10.4. The van der Waals surface area contributed by atoms with E-state index in [0.717, 1.165) is 36.0 Å². The Bertz CT molecular complexity index is 1020. The Balaban J connectivity index is 0.00000272. The summed E-state index contributed by atoms with van der Waals surface area (Å²) in [6.07, 6.45) is 0.760. The molecule has 2 aromatic carbocycles. The maximum atomic E-state index is 13.4. The molecule has 2 heterocycles. The smallest absolute Gasteiger partial charge is 0.272 e. The van der Waals surface area contributed by atoms with Crippen molar-refractivity contribution in [1.82, 2.24) is 20.4 Å². The molecule has 164 valence electrons. The molecular weight excluding hydrogens is 426 g/mol. The second-order valence-electron chi connectivity index (χ2n) is 7.05. The Hall–Kier alpha value is -2.97. The van der Waals surface area contributed by atoms with E-state index in [2.05, 4.69) is 15.7 Å². The van der Waals surface area contributed by atoms with Crippen molar-refractivity contribution in [3.63, 3.8) is 0 Å². The normalized spacial score (nSPS) is 12.6. The Labute approximate surface area is 185 Å². The van der Waals surface area contributed by atoms with Gasteiger partial charge in [-0.1, -0.05) is 18.2 Å². The van der Waals surface area contributed by atoms with Gasteiger partial charge in [-0.25, -0.2) is 8.78 Å². The van der Waals surface area contributed by atoms with E-state index >= 15 is 0 Å². The quantitative estimate of drug-likeness (QED) is 0.582. The number of halogens is 3. The zero-order valence-electron chi connectivity index (χ0n) is 16.7. The van der Waals surface area contributed by atoms with Crippen molar-refractivity contribution in [3.05, 3.63) is 82.7 Å². The predicted octanol–water partition coefficient (Wildman–Crippen LogP) is 3.24. The maximum absolute atomic E-state index is 13.4. The summed E-state index contributed by atoms with van der Waals surface area (Å²) < 4.78 is 34.3. The Kier molecular flexibility index (Phi) is 7.59. The van der Waals surface area contributed by atoms with Crippen LogP contribution >= 0.6 is 12.4 Å². The van der Waals surface area contributed by atoms with Crippen LogP contribution in [0.25, 0.3) is 0 Å². The third-order valence-corrected chi connectivity index (χ3v) is 4.91. The largest absolute Gasteiger partial charge is 0.492 e. The van der Waals surface area contributed by atoms with Crippen LogP contribution in [0.4, 0.5) is 8.78 Å². The number of para-hydroxylation sites is 1. The number of hydrogen-bond acceptors (Lipinski definition) is 4. The first-order valence-electron chi connectivity index (χ1n) is 9.80. The van der Waals surface area contributed by atoms with E-state index < -0.39 is 11.6 Å². The molecule has 1 aliphatic rings. The molecule has 3 aromatic rings. The van der Waals surface area contributed by atoms with Crippen molar-refractivity contribution in [2.75, 3.05) is 13.2 Å². The number of carbonyl (C=O) groups is 1. The molecule has 1 aliphatic heterocycles. The molecule has 1 amide bonds. The zero-order chi connectivity index (χ0) is 20.9. The summed E-state index contributed by atoms with van der Waals surface area (Å²) in [6.45, 7) is 2.31. The number of hydrogen-bond donors (Lipinski definition) is 2. The average Bonchev–Trinajstić information content (AvgIpc) is 3.11. The number of amides is 1. The average molecular weight is 449 g/mol. The number of carbonyl (C=O) groups excluding carboxylic acids is 1. The molecule has 0 aliphatic carbocycles. The van der Waals surface area contributed by atoms with Crippen LogP contribution in [0.3, 0.4) is 0 Å². The summed E-state index contributed by atoms with van der Waals surface area (Å²) in [5.74, 6) is -0.949. The predicted molar refractivity (Wildman–Crippen MR) is 114 cm³/mol. The van der Waals surface area contributed by atoms with Crippen LogP contribution < -0.4 is 15.4 Å². The van der Waals surface area contributed by atoms with Gasteiger partial charge in [-0.15, -0.1) is 12.4 Å². The van der Waals surface area contributed by atoms with E-state index in [4.69, 9.17) is 4.74 Å². The fraction of sp³-hybridized carbons (Fsp3) is 0.273. The summed E-state index contributed by atoms with van der Waals surface area (Å²) in [4.78, 5) is 12.7. The number of nitrogens with zero attached hydrogens (tertiary/aromatic N) is 2. The number of fused-ring (bicyclic) bond motifs is 1. The van der Waals surface area contributed by atoms with Crippen LogP contribution in [0.5, 0.6) is 5.75 Å². The fourth-order valence-electron chi connectivity index (χ4n) is 3.53. The van der Waals surface area contributed by atoms with Crippen LogP contribution in [-0.2, 0) is 26.1 Å². The molecule has 0 spiro atoms. The molecule has 0 atom stereocenters. The fourth-order valence-corrected chi connectivity index (χ4v) is 3.53. The van der Waals surface area contributed by atoms with Crippen LogP contribution in [0.1, 0.15) is 27.3 Å². The third-order valence-electron chi connectivity index (χ3n) is 4.91. The van der Waals surface area contributed by atoms with Gasteiger partial charge < -0.3 is 15.4 Å². The van der Waals surface area contributed by atoms with Crippen LogP contribution in [-0.4, -0.2) is 28.8 Å². The minimum Gasteiger partial charge on any atom is -0.492 e. The van der Waals surface area contributed by atoms with Gasteiger partial charge in [0.1, 0.15) is 24.0 Å². The lowest BCUT2D eigenvalue weighted by molar-refractivity contribution is 0.0943. The van der Waals surface area contributed by atoms with Crippen LogP contribution in [0.15, 0.2) is 48.5 Å². The van der Waals surface area contributed by atoms with Gasteiger partial charge in [-0.05, 0) is 29.8 Å². The van der Waals surface area contributed by atoms with E-state index in [1.807, 2.05) is 35.0 Å². The first kappa shape index (κ1) is 22.7. The van der Waals surface area contributed by atoms with Gasteiger partial charge in [0.05, 0.1) is 6.54 Å². The number of aromatic nitrogens is 2. The van der Waals surface area contributed by atoms with Gasteiger partial charge in [-0.2, -0.15) is 5.10 Å². The van der Waals surface area contributed by atoms with E-state index in [0.29, 0.717) is 31.0 Å². The molecule has 9 heteroatoms. The first-order chi connectivity index (χ1) is 14.6. The van der Waals surface area contributed by atoms with Crippen molar-refractivity contribution in [2.24, 2.45) is 0 Å². The van der Waals surface area contributed by atoms with Crippen molar-refractivity contribution in [2.45, 2.75) is 26.1 Å². The third kappa shape index (κ3) is 5.59. The summed E-state index contributed by atoms with van der Waals surface area (Å²) in [5, 5.41) is 10.5. The molecule has 0 saturated heterocycles. The van der Waals surface area contributed by atoms with E-state index in [9.17, 15) is 13.6 Å². The number of nitrogens with one attached hydrogen (secondary N) is 2. The number of rotatable bonds is 7. The Morgan fingerprint density at radius 3 is 2.65 bits per heavy atom. The highest BCUT2D eigenvalue weighted by molar-refractivity contribution is 5.94. The molecule has 0 fully saturated rings. The van der Waals surface area contributed by atoms with Gasteiger partial charge in [0.25, 0.3) is 5.91 Å². The minimum absolute atomic E-state index is 0. The highest BCUT2D eigenvalue weighted by atomic mass is 35.5. The second-order valence-corrected chi connectivity index (χ2v) is 7.05. The van der Waals surface area contributed by atoms with Gasteiger partial charge in [0.2, 0.25) is 0 Å². The van der Waals surface area contributed by atoms with Crippen LogP contribution in [0, 0.1) is 11.6 Å². The van der Waals surface area contributed by atoms with E-state index in [1.165, 1.54) is 12.1 Å². The molecule has 0 unspecified atom stereocenters. The van der Waals surface area contributed by atoms with Crippen LogP contribution in [0.2, 0.25) is 0 Å². The highest BCUT2D eigenvalue weighted by Gasteiger charge is 2.24. The summed E-state index contributed by atoms with van der Waals surface area (Å²) in [5.41, 5.74) is 2.54. The first-order valence-corrected chi connectivity index (χ1v) is 9.80. The topological polar surface area (TPSA) is 68.2 Å². The molecule has 31 heavy (non-hydrogen) atoms. The Morgan fingerprint density at radius 1 is 1.16 bits per heavy atom. The standard InChI is InChI=1S/C22H22F2N4O2.ClH/c23-16-10-15(11-17(24)12-16)13-26-22(29)21-19-14-25-7-6-20(19)28(27-21)8-9-30-18-4-2-1-3-5-18;/h1-5,10-12,25H,6-9,13-14H2,(H,26,29);1H. The molecule has 2 N–H and O–H groups in total.